The summed E-state index contributed by atoms with van der Waals surface area (Å²) in [7, 11) is 0. The van der Waals surface area contributed by atoms with Crippen molar-refractivity contribution >= 4 is 23.0 Å². The highest BCUT2D eigenvalue weighted by atomic mass is 35.5. The van der Waals surface area contributed by atoms with E-state index < -0.39 is 5.82 Å². The van der Waals surface area contributed by atoms with E-state index in [1.54, 1.807) is 18.3 Å². The van der Waals surface area contributed by atoms with Gasteiger partial charge in [-0.1, -0.05) is 54.6 Å². The van der Waals surface area contributed by atoms with Crippen molar-refractivity contribution in [2.24, 2.45) is 5.10 Å². The highest BCUT2D eigenvalue weighted by Crippen LogP contribution is 2.33. The van der Waals surface area contributed by atoms with Gasteiger partial charge >= 0.3 is 0 Å². The van der Waals surface area contributed by atoms with Crippen molar-refractivity contribution < 1.29 is 9.13 Å². The Bertz CT molecular complexity index is 1610. The lowest BCUT2D eigenvalue weighted by atomic mass is 9.96. The van der Waals surface area contributed by atoms with Gasteiger partial charge in [0.1, 0.15) is 11.4 Å². The maximum absolute atomic E-state index is 14.4. The molecule has 0 aliphatic carbocycles. The molecule has 3 aromatic carbocycles. The van der Waals surface area contributed by atoms with Crippen molar-refractivity contribution in [3.05, 3.63) is 131 Å². The molecule has 6 rings (SSSR count). The monoisotopic (exact) mass is 507 g/mol. The molecule has 1 aliphatic heterocycles. The van der Waals surface area contributed by atoms with Crippen molar-refractivity contribution in [2.75, 3.05) is 5.01 Å². The van der Waals surface area contributed by atoms with Crippen molar-refractivity contribution in [3.8, 4) is 22.9 Å². The SMILES string of the molecule is Fc1cnc(Cl)nc1-c1cccnc1Oc1ccc(N2Cc3ccccc3C(c3ccccc3)=N2)cc1. The standard InChI is InChI=1S/C29H19ClFN5O/c30-29-33-17-25(31)27(34-29)24-11-6-16-32-28(24)37-22-14-12-21(13-15-22)36-18-20-9-4-5-10-23(20)26(35-36)19-7-2-1-3-8-19/h1-17H,18H2. The van der Waals surface area contributed by atoms with Crippen molar-refractivity contribution in [3.63, 3.8) is 0 Å². The molecular formula is C29H19ClFN5O. The van der Waals surface area contributed by atoms with E-state index in [0.717, 1.165) is 28.7 Å². The lowest BCUT2D eigenvalue weighted by Crippen LogP contribution is -2.26. The van der Waals surface area contributed by atoms with Gasteiger partial charge in [0, 0.05) is 17.3 Å². The Balaban J connectivity index is 1.30. The second-order valence-corrected chi connectivity index (χ2v) is 8.66. The third kappa shape index (κ3) is 4.64. The van der Waals surface area contributed by atoms with E-state index in [4.69, 9.17) is 21.4 Å². The van der Waals surface area contributed by atoms with E-state index in [9.17, 15) is 4.39 Å². The molecule has 0 saturated heterocycles. The fourth-order valence-corrected chi connectivity index (χ4v) is 4.34. The minimum atomic E-state index is -0.616. The summed E-state index contributed by atoms with van der Waals surface area (Å²) in [4.78, 5) is 12.0. The van der Waals surface area contributed by atoms with Crippen molar-refractivity contribution in [1.82, 2.24) is 15.0 Å². The van der Waals surface area contributed by atoms with Crippen LogP contribution in [0.5, 0.6) is 11.6 Å². The first-order chi connectivity index (χ1) is 18.2. The number of fused-ring (bicyclic) bond motifs is 1. The number of rotatable bonds is 5. The Morgan fingerprint density at radius 2 is 1.57 bits per heavy atom. The molecule has 3 heterocycles. The summed E-state index contributed by atoms with van der Waals surface area (Å²) >= 11 is 5.89. The molecule has 0 atom stereocenters. The average molecular weight is 508 g/mol. The summed E-state index contributed by atoms with van der Waals surface area (Å²) < 4.78 is 20.4. The normalized spacial score (nSPS) is 12.6. The smallest absolute Gasteiger partial charge is 0.228 e. The fourth-order valence-electron chi connectivity index (χ4n) is 4.20. The van der Waals surface area contributed by atoms with E-state index >= 15 is 0 Å². The van der Waals surface area contributed by atoms with Crippen LogP contribution in [0, 0.1) is 5.82 Å². The number of ether oxygens (including phenoxy) is 1. The summed E-state index contributed by atoms with van der Waals surface area (Å²) in [6.45, 7) is 0.644. The van der Waals surface area contributed by atoms with Crippen LogP contribution < -0.4 is 9.75 Å². The van der Waals surface area contributed by atoms with Crippen LogP contribution in [0.3, 0.4) is 0 Å². The lowest BCUT2D eigenvalue weighted by molar-refractivity contribution is 0.464. The van der Waals surface area contributed by atoms with Crippen LogP contribution >= 0.6 is 11.6 Å². The zero-order chi connectivity index (χ0) is 25.2. The molecular weight excluding hydrogens is 489 g/mol. The molecule has 2 aromatic heterocycles. The van der Waals surface area contributed by atoms with E-state index in [0.29, 0.717) is 17.9 Å². The molecule has 0 spiro atoms. The van der Waals surface area contributed by atoms with Crippen LogP contribution in [-0.2, 0) is 6.54 Å². The molecule has 5 aromatic rings. The predicted octanol–water partition coefficient (Wildman–Crippen LogP) is 6.90. The molecule has 0 radical (unpaired) electrons. The van der Waals surface area contributed by atoms with Crippen LogP contribution in [0.15, 0.2) is 108 Å². The minimum absolute atomic E-state index is 0.0227. The number of hydrogen-bond donors (Lipinski definition) is 0. The van der Waals surface area contributed by atoms with Crippen LogP contribution in [0.4, 0.5) is 10.1 Å². The van der Waals surface area contributed by atoms with Crippen LogP contribution in [0.1, 0.15) is 16.7 Å². The van der Waals surface area contributed by atoms with E-state index in [-0.39, 0.29) is 16.9 Å². The zero-order valence-corrected chi connectivity index (χ0v) is 20.2. The molecule has 0 saturated carbocycles. The first kappa shape index (κ1) is 22.8. The van der Waals surface area contributed by atoms with Gasteiger partial charge in [-0.05, 0) is 53.6 Å². The van der Waals surface area contributed by atoms with Crippen molar-refractivity contribution in [2.45, 2.75) is 6.54 Å². The molecule has 0 unspecified atom stereocenters. The van der Waals surface area contributed by atoms with Gasteiger partial charge in [-0.2, -0.15) is 5.10 Å². The Labute approximate surface area is 217 Å². The largest absolute Gasteiger partial charge is 0.438 e. The summed E-state index contributed by atoms with van der Waals surface area (Å²) in [5.41, 5.74) is 5.61. The molecule has 0 bridgehead atoms. The number of benzene rings is 3. The Kier molecular flexibility index (Phi) is 6.04. The number of hydrazone groups is 1. The van der Waals surface area contributed by atoms with E-state index in [1.807, 2.05) is 59.6 Å². The minimum Gasteiger partial charge on any atom is -0.438 e. The third-order valence-corrected chi connectivity index (χ3v) is 6.13. The van der Waals surface area contributed by atoms with Gasteiger partial charge in [0.2, 0.25) is 11.2 Å². The summed E-state index contributed by atoms with van der Waals surface area (Å²) in [6.07, 6.45) is 2.59. The van der Waals surface area contributed by atoms with E-state index in [1.165, 1.54) is 5.56 Å². The Morgan fingerprint density at radius 3 is 2.41 bits per heavy atom. The highest BCUT2D eigenvalue weighted by Gasteiger charge is 2.21. The quantitative estimate of drug-likeness (QED) is 0.242. The molecule has 37 heavy (non-hydrogen) atoms. The molecule has 0 amide bonds. The topological polar surface area (TPSA) is 63.5 Å². The number of anilines is 1. The van der Waals surface area contributed by atoms with Gasteiger partial charge in [0.25, 0.3) is 0 Å². The summed E-state index contributed by atoms with van der Waals surface area (Å²) in [5.74, 6) is 0.129. The maximum atomic E-state index is 14.4. The van der Waals surface area contributed by atoms with Crippen LogP contribution in [0.2, 0.25) is 5.28 Å². The molecule has 0 N–H and O–H groups in total. The van der Waals surface area contributed by atoms with Crippen LogP contribution in [-0.4, -0.2) is 20.7 Å². The molecule has 8 heteroatoms. The second kappa shape index (κ2) is 9.79. The van der Waals surface area contributed by atoms with E-state index in [2.05, 4.69) is 39.2 Å². The van der Waals surface area contributed by atoms with Gasteiger partial charge in [0.05, 0.1) is 29.7 Å². The summed E-state index contributed by atoms with van der Waals surface area (Å²) in [5, 5.41) is 6.89. The highest BCUT2D eigenvalue weighted by molar-refractivity contribution is 6.28. The predicted molar refractivity (Wildman–Crippen MR) is 141 cm³/mol. The first-order valence-electron chi connectivity index (χ1n) is 11.6. The Morgan fingerprint density at radius 1 is 0.811 bits per heavy atom. The number of hydrogen-bond acceptors (Lipinski definition) is 6. The number of halogens is 2. The molecule has 6 nitrogen and oxygen atoms in total. The number of aromatic nitrogens is 3. The Hall–Kier alpha value is -4.62. The number of pyridine rings is 1. The molecule has 1 aliphatic rings. The maximum Gasteiger partial charge on any atom is 0.228 e. The van der Waals surface area contributed by atoms with Gasteiger partial charge in [-0.3, -0.25) is 5.01 Å². The fraction of sp³-hybridized carbons (Fsp3) is 0.0345. The van der Waals surface area contributed by atoms with Gasteiger partial charge in [-0.15, -0.1) is 0 Å². The average Bonchev–Trinajstić information content (AvgIpc) is 2.95. The lowest BCUT2D eigenvalue weighted by Gasteiger charge is -2.27. The first-order valence-corrected chi connectivity index (χ1v) is 11.9. The van der Waals surface area contributed by atoms with Gasteiger partial charge in [-0.25, -0.2) is 19.3 Å². The van der Waals surface area contributed by atoms with Gasteiger partial charge in [0.15, 0.2) is 5.82 Å². The van der Waals surface area contributed by atoms with Crippen molar-refractivity contribution in [1.29, 1.82) is 0 Å². The number of nitrogens with zero attached hydrogens (tertiary/aromatic N) is 5. The van der Waals surface area contributed by atoms with Crippen LogP contribution in [0.25, 0.3) is 11.3 Å². The third-order valence-electron chi connectivity index (χ3n) is 5.95. The second-order valence-electron chi connectivity index (χ2n) is 8.32. The van der Waals surface area contributed by atoms with Gasteiger partial charge < -0.3 is 4.74 Å². The molecule has 180 valence electrons. The summed E-state index contributed by atoms with van der Waals surface area (Å²) in [6, 6.07) is 29.3. The molecule has 0 fully saturated rings. The zero-order valence-electron chi connectivity index (χ0n) is 19.4.